The summed E-state index contributed by atoms with van der Waals surface area (Å²) in [5.74, 6) is 0.652. The summed E-state index contributed by atoms with van der Waals surface area (Å²) in [6.07, 6.45) is 0. The van der Waals surface area contributed by atoms with Crippen LogP contribution in [0.1, 0.15) is 0 Å². The Kier molecular flexibility index (Phi) is 7.18. The topological polar surface area (TPSA) is 30.7 Å². The van der Waals surface area contributed by atoms with Crippen molar-refractivity contribution in [3.63, 3.8) is 0 Å². The molecule has 0 bridgehead atoms. The van der Waals surface area contributed by atoms with E-state index < -0.39 is 0 Å². The van der Waals surface area contributed by atoms with E-state index in [0.29, 0.717) is 5.95 Å². The first-order valence-corrected chi connectivity index (χ1v) is 21.2. The van der Waals surface area contributed by atoms with E-state index in [1.807, 2.05) is 11.3 Å². The predicted octanol–water partition coefficient (Wildman–Crippen LogP) is 15.6. The molecular weight excluding hydrogens is 747 g/mol. The van der Waals surface area contributed by atoms with Crippen LogP contribution < -0.4 is 0 Å². The van der Waals surface area contributed by atoms with Gasteiger partial charge in [0.25, 0.3) is 0 Å². The summed E-state index contributed by atoms with van der Waals surface area (Å²) in [5.41, 5.74) is 9.76. The van der Waals surface area contributed by atoms with Crippen LogP contribution >= 0.6 is 11.3 Å². The standard InChI is InChI=1S/C56H33N3S/c1-2-14-39-32-50-48(31-38(39)13-1)45-21-10-20-44(40-27-29-47-52(33-40)60-51-30-28-35-12-4-6-17-43(35)53(47)51)55(45)59(50)56-57-49-22-8-7-18-46(49)54(58-56)37-25-23-36(24-26-37)42-19-9-15-34-11-3-5-16-41(34)42/h1-33H. The van der Waals surface area contributed by atoms with Gasteiger partial charge in [-0.2, -0.15) is 0 Å². The molecule has 13 rings (SSSR count). The van der Waals surface area contributed by atoms with Gasteiger partial charge < -0.3 is 0 Å². The number of thiophene rings is 1. The van der Waals surface area contributed by atoms with Crippen molar-refractivity contribution in [1.29, 1.82) is 0 Å². The number of rotatable bonds is 4. The fraction of sp³-hybridized carbons (Fsp3) is 0. The lowest BCUT2D eigenvalue weighted by Crippen LogP contribution is -2.04. The number of fused-ring (bicyclic) bond motifs is 11. The van der Waals surface area contributed by atoms with E-state index in [2.05, 4.69) is 205 Å². The van der Waals surface area contributed by atoms with Gasteiger partial charge in [0, 0.05) is 47.5 Å². The van der Waals surface area contributed by atoms with Gasteiger partial charge in [0.15, 0.2) is 0 Å². The van der Waals surface area contributed by atoms with E-state index in [0.717, 1.165) is 38.8 Å². The van der Waals surface area contributed by atoms with Crippen molar-refractivity contribution in [1.82, 2.24) is 14.5 Å². The molecule has 0 saturated carbocycles. The molecule has 0 aliphatic carbocycles. The second-order valence-electron chi connectivity index (χ2n) is 15.7. The van der Waals surface area contributed by atoms with Crippen LogP contribution in [-0.2, 0) is 0 Å². The van der Waals surface area contributed by atoms with E-state index in [-0.39, 0.29) is 0 Å². The van der Waals surface area contributed by atoms with E-state index in [1.165, 1.54) is 80.0 Å². The molecule has 0 radical (unpaired) electrons. The molecule has 60 heavy (non-hydrogen) atoms. The zero-order valence-corrected chi connectivity index (χ0v) is 33.1. The van der Waals surface area contributed by atoms with Gasteiger partial charge in [-0.1, -0.05) is 170 Å². The Labute approximate surface area is 349 Å². The summed E-state index contributed by atoms with van der Waals surface area (Å²) in [5, 5.41) is 13.4. The normalized spacial score (nSPS) is 12.0. The lowest BCUT2D eigenvalue weighted by Gasteiger charge is -2.14. The second kappa shape index (κ2) is 12.9. The summed E-state index contributed by atoms with van der Waals surface area (Å²) >= 11 is 1.87. The molecule has 0 aliphatic heterocycles. The van der Waals surface area contributed by atoms with Gasteiger partial charge >= 0.3 is 0 Å². The molecule has 0 atom stereocenters. The molecule has 3 aromatic heterocycles. The Morgan fingerprint density at radius 2 is 1.00 bits per heavy atom. The van der Waals surface area contributed by atoms with Crippen molar-refractivity contribution >= 4 is 96.5 Å². The Bertz CT molecular complexity index is 3890. The van der Waals surface area contributed by atoms with Crippen LogP contribution in [-0.4, -0.2) is 14.5 Å². The van der Waals surface area contributed by atoms with Crippen LogP contribution in [0.4, 0.5) is 0 Å². The lowest BCUT2D eigenvalue weighted by atomic mass is 9.96. The summed E-state index contributed by atoms with van der Waals surface area (Å²) < 4.78 is 4.90. The van der Waals surface area contributed by atoms with Crippen LogP contribution in [0.2, 0.25) is 0 Å². The first kappa shape index (κ1) is 33.3. The fourth-order valence-corrected chi connectivity index (χ4v) is 10.7. The smallest absolute Gasteiger partial charge is 0.235 e. The van der Waals surface area contributed by atoms with Crippen LogP contribution in [0, 0.1) is 0 Å². The van der Waals surface area contributed by atoms with Crippen LogP contribution in [0.25, 0.3) is 125 Å². The highest BCUT2D eigenvalue weighted by molar-refractivity contribution is 7.26. The summed E-state index contributed by atoms with van der Waals surface area (Å²) in [6.45, 7) is 0. The molecule has 0 unspecified atom stereocenters. The average molecular weight is 780 g/mol. The quantitative estimate of drug-likeness (QED) is 0.178. The number of aromatic nitrogens is 3. The highest BCUT2D eigenvalue weighted by Gasteiger charge is 2.21. The van der Waals surface area contributed by atoms with Gasteiger partial charge in [0.05, 0.1) is 22.2 Å². The Morgan fingerprint density at radius 1 is 0.367 bits per heavy atom. The number of hydrogen-bond acceptors (Lipinski definition) is 3. The molecule has 0 N–H and O–H groups in total. The van der Waals surface area contributed by atoms with E-state index in [1.54, 1.807) is 0 Å². The van der Waals surface area contributed by atoms with Gasteiger partial charge in [-0.3, -0.25) is 4.57 Å². The third-order valence-electron chi connectivity index (χ3n) is 12.4. The van der Waals surface area contributed by atoms with Crippen molar-refractivity contribution < 1.29 is 0 Å². The molecule has 4 heteroatoms. The Hall–Kier alpha value is -7.66. The van der Waals surface area contributed by atoms with E-state index in [9.17, 15) is 0 Å². The van der Waals surface area contributed by atoms with Crippen LogP contribution in [0.5, 0.6) is 0 Å². The first-order chi connectivity index (χ1) is 29.7. The molecule has 3 nitrogen and oxygen atoms in total. The minimum absolute atomic E-state index is 0.652. The number of benzene rings is 10. The molecule has 0 amide bonds. The SMILES string of the molecule is c1ccc2cc3c(cc2c1)c1cccc(-c2ccc4c(c2)sc2ccc5ccccc5c24)c1n3-c1nc(-c2ccc(-c3cccc4ccccc34)cc2)c2ccccc2n1. The monoisotopic (exact) mass is 779 g/mol. The van der Waals surface area contributed by atoms with E-state index in [4.69, 9.17) is 9.97 Å². The molecule has 13 aromatic rings. The van der Waals surface area contributed by atoms with Gasteiger partial charge in [-0.15, -0.1) is 11.3 Å². The summed E-state index contributed by atoms with van der Waals surface area (Å²) in [7, 11) is 0. The third-order valence-corrected chi connectivity index (χ3v) is 13.5. The molecule has 0 fully saturated rings. The van der Waals surface area contributed by atoms with Crippen molar-refractivity contribution in [2.75, 3.05) is 0 Å². The minimum Gasteiger partial charge on any atom is -0.277 e. The number of hydrogen-bond donors (Lipinski definition) is 0. The van der Waals surface area contributed by atoms with Gasteiger partial charge in [-0.25, -0.2) is 9.97 Å². The predicted molar refractivity (Wildman–Crippen MR) is 256 cm³/mol. The number of para-hydroxylation sites is 2. The van der Waals surface area contributed by atoms with Gasteiger partial charge in [-0.05, 0) is 79.3 Å². The maximum absolute atomic E-state index is 5.54. The largest absolute Gasteiger partial charge is 0.277 e. The molecule has 0 aliphatic rings. The van der Waals surface area contributed by atoms with Gasteiger partial charge in [0.1, 0.15) is 0 Å². The molecule has 278 valence electrons. The Balaban J connectivity index is 1.05. The highest BCUT2D eigenvalue weighted by Crippen LogP contribution is 2.44. The second-order valence-corrected chi connectivity index (χ2v) is 16.8. The van der Waals surface area contributed by atoms with Crippen molar-refractivity contribution in [3.05, 3.63) is 200 Å². The fourth-order valence-electron chi connectivity index (χ4n) is 9.57. The Morgan fingerprint density at radius 3 is 1.85 bits per heavy atom. The van der Waals surface area contributed by atoms with Crippen molar-refractivity contribution in [2.24, 2.45) is 0 Å². The van der Waals surface area contributed by atoms with Gasteiger partial charge in [0.2, 0.25) is 5.95 Å². The molecule has 0 spiro atoms. The van der Waals surface area contributed by atoms with E-state index >= 15 is 0 Å². The summed E-state index contributed by atoms with van der Waals surface area (Å²) in [6, 6.07) is 72.6. The number of nitrogens with zero attached hydrogens (tertiary/aromatic N) is 3. The lowest BCUT2D eigenvalue weighted by molar-refractivity contribution is 1.01. The van der Waals surface area contributed by atoms with Crippen molar-refractivity contribution in [3.8, 4) is 39.5 Å². The van der Waals surface area contributed by atoms with Crippen molar-refractivity contribution in [2.45, 2.75) is 0 Å². The zero-order valence-electron chi connectivity index (χ0n) is 32.3. The molecule has 10 aromatic carbocycles. The zero-order chi connectivity index (χ0) is 39.3. The molecule has 0 saturated heterocycles. The molecule has 3 heterocycles. The highest BCUT2D eigenvalue weighted by atomic mass is 32.1. The summed E-state index contributed by atoms with van der Waals surface area (Å²) in [4.78, 5) is 10.9. The molecular formula is C56H33N3S. The van der Waals surface area contributed by atoms with Crippen LogP contribution in [0.15, 0.2) is 200 Å². The average Bonchev–Trinajstić information content (AvgIpc) is 3.85. The maximum Gasteiger partial charge on any atom is 0.235 e. The minimum atomic E-state index is 0.652. The third kappa shape index (κ3) is 5.01. The first-order valence-electron chi connectivity index (χ1n) is 20.4. The van der Waals surface area contributed by atoms with Crippen LogP contribution in [0.3, 0.4) is 0 Å². The maximum atomic E-state index is 5.54.